The molecule has 0 aromatic rings. The smallest absolute Gasteiger partial charge is 0.312 e. The van der Waals surface area contributed by atoms with Gasteiger partial charge in [0.2, 0.25) is 0 Å². The van der Waals surface area contributed by atoms with Crippen molar-refractivity contribution in [1.29, 1.82) is 0 Å². The summed E-state index contributed by atoms with van der Waals surface area (Å²) in [6.45, 7) is 20.0. The van der Waals surface area contributed by atoms with E-state index < -0.39 is 17.1 Å². The molecule has 0 N–H and O–H groups in total. The first kappa shape index (κ1) is 46.8. The molecule has 252 valence electrons. The summed E-state index contributed by atoms with van der Waals surface area (Å²) in [5.74, 6) is -0.729. The van der Waals surface area contributed by atoms with Crippen LogP contribution >= 0.6 is 0 Å². The highest BCUT2D eigenvalue weighted by atomic mass is 16.6. The summed E-state index contributed by atoms with van der Waals surface area (Å²) in [6, 6.07) is 0. The predicted octanol–water partition coefficient (Wildman–Crippen LogP) is 7.71. The minimum atomic E-state index is -0.884. The van der Waals surface area contributed by atoms with E-state index in [1.54, 1.807) is 6.92 Å². The van der Waals surface area contributed by atoms with Crippen molar-refractivity contribution in [3.05, 3.63) is 0 Å². The predicted molar refractivity (Wildman–Crippen MR) is 169 cm³/mol. The molecule has 0 spiro atoms. The van der Waals surface area contributed by atoms with E-state index in [2.05, 4.69) is 0 Å². The Morgan fingerprint density at radius 2 is 1.40 bits per heavy atom. The average Bonchev–Trinajstić information content (AvgIpc) is 3.38. The molecule has 0 aromatic heterocycles. The molecule has 42 heavy (non-hydrogen) atoms. The van der Waals surface area contributed by atoms with Crippen molar-refractivity contribution in [1.82, 2.24) is 0 Å². The first-order valence-corrected chi connectivity index (χ1v) is 13.7. The molecule has 0 radical (unpaired) electrons. The number of carbonyl (C=O) groups is 4. The molecule has 3 heterocycles. The number of carbonyl (C=O) groups excluding carboxylic acids is 4. The monoisotopic (exact) mass is 606 g/mol. The van der Waals surface area contributed by atoms with Crippen molar-refractivity contribution in [3.63, 3.8) is 0 Å². The maximum Gasteiger partial charge on any atom is 0.312 e. The molecule has 4 unspecified atom stereocenters. The lowest BCUT2D eigenvalue weighted by Gasteiger charge is -2.30. The second kappa shape index (κ2) is 17.8. The highest BCUT2D eigenvalue weighted by Crippen LogP contribution is 2.42. The number of esters is 4. The molecule has 3 aliphatic rings. The van der Waals surface area contributed by atoms with Crippen LogP contribution in [-0.2, 0) is 42.9 Å². The van der Waals surface area contributed by atoms with Crippen LogP contribution < -0.4 is 0 Å². The SMILES string of the molecule is C.C.C.C.CCC(C)(C)C(=O)OC1CC(=O)OC1(C)COC.CCC1(C)CC(C)(C)OC1=O.CCC1(C)CCOC1=O. The second-order valence-electron chi connectivity index (χ2n) is 12.6. The topological polar surface area (TPSA) is 114 Å². The Kier molecular flexibility index (Phi) is 19.9. The molecular weight excluding hydrogens is 540 g/mol. The van der Waals surface area contributed by atoms with Gasteiger partial charge in [0.15, 0.2) is 11.7 Å². The van der Waals surface area contributed by atoms with Gasteiger partial charge in [0, 0.05) is 13.5 Å². The van der Waals surface area contributed by atoms with Gasteiger partial charge >= 0.3 is 23.9 Å². The van der Waals surface area contributed by atoms with Gasteiger partial charge in [-0.25, -0.2) is 0 Å². The molecular formula is C33H66O9. The minimum absolute atomic E-state index is 0. The molecule has 0 aromatic carbocycles. The molecule has 3 aliphatic heterocycles. The number of methoxy groups -OCH3 is 1. The highest BCUT2D eigenvalue weighted by molar-refractivity contribution is 5.79. The number of hydrogen-bond acceptors (Lipinski definition) is 9. The highest BCUT2D eigenvalue weighted by Gasteiger charge is 2.50. The zero-order valence-corrected chi connectivity index (χ0v) is 25.4. The normalized spacial score (nSPS) is 28.7. The van der Waals surface area contributed by atoms with E-state index in [4.69, 9.17) is 23.7 Å². The zero-order chi connectivity index (χ0) is 29.6. The van der Waals surface area contributed by atoms with Gasteiger partial charge < -0.3 is 23.7 Å². The van der Waals surface area contributed by atoms with Crippen LogP contribution in [0.15, 0.2) is 0 Å². The summed E-state index contributed by atoms with van der Waals surface area (Å²) >= 11 is 0. The summed E-state index contributed by atoms with van der Waals surface area (Å²) < 4.78 is 25.7. The molecule has 0 bridgehead atoms. The van der Waals surface area contributed by atoms with Crippen LogP contribution in [0.3, 0.4) is 0 Å². The number of cyclic esters (lactones) is 3. The van der Waals surface area contributed by atoms with Crippen LogP contribution in [0.5, 0.6) is 0 Å². The van der Waals surface area contributed by atoms with Crippen LogP contribution in [-0.4, -0.2) is 61.5 Å². The molecule has 9 nitrogen and oxygen atoms in total. The Hall–Kier alpha value is -2.16. The lowest BCUT2D eigenvalue weighted by atomic mass is 9.81. The van der Waals surface area contributed by atoms with Crippen molar-refractivity contribution < 1.29 is 42.9 Å². The van der Waals surface area contributed by atoms with Gasteiger partial charge in [-0.1, -0.05) is 50.5 Å². The Labute approximate surface area is 258 Å². The van der Waals surface area contributed by atoms with Gasteiger partial charge in [-0.05, 0) is 74.1 Å². The van der Waals surface area contributed by atoms with Crippen LogP contribution in [0, 0.1) is 16.2 Å². The first-order valence-electron chi connectivity index (χ1n) is 13.7. The molecule has 3 rings (SSSR count). The minimum Gasteiger partial charge on any atom is -0.465 e. The summed E-state index contributed by atoms with van der Waals surface area (Å²) in [5.41, 5.74) is -2.09. The second-order valence-corrected chi connectivity index (χ2v) is 12.6. The van der Waals surface area contributed by atoms with E-state index in [0.29, 0.717) is 13.0 Å². The van der Waals surface area contributed by atoms with Crippen molar-refractivity contribution in [2.24, 2.45) is 16.2 Å². The maximum absolute atomic E-state index is 12.0. The third-order valence-corrected chi connectivity index (χ3v) is 8.11. The first-order chi connectivity index (χ1) is 17.3. The Bertz CT molecular complexity index is 866. The fourth-order valence-corrected chi connectivity index (χ4v) is 4.40. The van der Waals surface area contributed by atoms with E-state index in [-0.39, 0.29) is 83.0 Å². The number of ether oxygens (including phenoxy) is 5. The molecule has 3 saturated heterocycles. The van der Waals surface area contributed by atoms with Gasteiger partial charge in [0.05, 0.1) is 35.9 Å². The van der Waals surface area contributed by atoms with Gasteiger partial charge in [0.25, 0.3) is 0 Å². The molecule has 0 aliphatic carbocycles. The van der Waals surface area contributed by atoms with Crippen molar-refractivity contribution in [3.8, 4) is 0 Å². The van der Waals surface area contributed by atoms with Crippen molar-refractivity contribution in [2.45, 2.75) is 155 Å². The van der Waals surface area contributed by atoms with E-state index in [9.17, 15) is 19.2 Å². The van der Waals surface area contributed by atoms with E-state index in [0.717, 1.165) is 25.7 Å². The third kappa shape index (κ3) is 11.8. The molecule has 0 amide bonds. The molecule has 3 fully saturated rings. The maximum atomic E-state index is 12.0. The van der Waals surface area contributed by atoms with E-state index in [1.165, 1.54) is 7.11 Å². The standard InChI is InChI=1S/C13H22O5.C9H16O2.C7H12O2.4CH4/c1-6-12(2,3)11(15)17-9-7-10(14)18-13(9,4)8-16-5;1-5-9(4)6-8(2,3)11-7(9)10;1-3-7(2)4-5-9-6(7)8;;;;/h9H,6-8H2,1-5H3;5-6H2,1-4H3;3-5H2,1-2H3;4*1H4. The average molecular weight is 607 g/mol. The van der Waals surface area contributed by atoms with Crippen molar-refractivity contribution >= 4 is 23.9 Å². The summed E-state index contributed by atoms with van der Waals surface area (Å²) in [4.78, 5) is 45.6. The van der Waals surface area contributed by atoms with Crippen LogP contribution in [0.25, 0.3) is 0 Å². The molecule has 4 atom stereocenters. The third-order valence-electron chi connectivity index (χ3n) is 8.11. The number of rotatable bonds is 7. The van der Waals surface area contributed by atoms with Crippen LogP contribution in [0.4, 0.5) is 0 Å². The lowest BCUT2D eigenvalue weighted by Crippen LogP contribution is -2.44. The molecule has 9 heteroatoms. The zero-order valence-electron chi connectivity index (χ0n) is 25.4. The summed E-state index contributed by atoms with van der Waals surface area (Å²) in [6.07, 6.45) is 3.68. The van der Waals surface area contributed by atoms with Gasteiger partial charge in [-0.15, -0.1) is 0 Å². The Morgan fingerprint density at radius 3 is 1.71 bits per heavy atom. The largest absolute Gasteiger partial charge is 0.465 e. The van der Waals surface area contributed by atoms with Gasteiger partial charge in [-0.2, -0.15) is 0 Å². The van der Waals surface area contributed by atoms with E-state index in [1.807, 2.05) is 62.3 Å². The number of hydrogen-bond donors (Lipinski definition) is 0. The lowest BCUT2D eigenvalue weighted by molar-refractivity contribution is -0.175. The van der Waals surface area contributed by atoms with Crippen LogP contribution in [0.1, 0.15) is 137 Å². The quantitative estimate of drug-likeness (QED) is 0.212. The van der Waals surface area contributed by atoms with Gasteiger partial charge in [-0.3, -0.25) is 19.2 Å². The molecule has 0 saturated carbocycles. The fourth-order valence-electron chi connectivity index (χ4n) is 4.40. The van der Waals surface area contributed by atoms with Gasteiger partial charge in [0.1, 0.15) is 5.60 Å². The summed E-state index contributed by atoms with van der Waals surface area (Å²) in [5, 5.41) is 0. The fraction of sp³-hybridized carbons (Fsp3) is 0.879. The van der Waals surface area contributed by atoms with E-state index >= 15 is 0 Å². The van der Waals surface area contributed by atoms with Crippen molar-refractivity contribution in [2.75, 3.05) is 20.3 Å². The Balaban J connectivity index is -0.000000262. The Morgan fingerprint density at radius 1 is 0.881 bits per heavy atom. The van der Waals surface area contributed by atoms with Crippen LogP contribution in [0.2, 0.25) is 0 Å². The summed E-state index contributed by atoms with van der Waals surface area (Å²) in [7, 11) is 1.52.